The predicted octanol–water partition coefficient (Wildman–Crippen LogP) is 11.8. The number of ether oxygens (including phenoxy) is 2. The van der Waals surface area contributed by atoms with Crippen molar-refractivity contribution in [1.82, 2.24) is 5.32 Å². The zero-order valence-electron chi connectivity index (χ0n) is 35.5. The summed E-state index contributed by atoms with van der Waals surface area (Å²) in [6.45, 7) is 3.01. The van der Waals surface area contributed by atoms with Crippen molar-refractivity contribution in [3.8, 4) is 0 Å². The van der Waals surface area contributed by atoms with Gasteiger partial charge in [-0.15, -0.1) is 0 Å². The van der Waals surface area contributed by atoms with Gasteiger partial charge in [0.1, 0.15) is 12.6 Å². The molecule has 3 atom stereocenters. The second-order valence-electron chi connectivity index (χ2n) is 15.4. The van der Waals surface area contributed by atoms with Gasteiger partial charge in [-0.1, -0.05) is 194 Å². The van der Waals surface area contributed by atoms with Gasteiger partial charge in [-0.3, -0.25) is 23.4 Å². The van der Waals surface area contributed by atoms with E-state index in [4.69, 9.17) is 23.6 Å². The van der Waals surface area contributed by atoms with Crippen LogP contribution in [0, 0.1) is 0 Å². The van der Waals surface area contributed by atoms with Crippen LogP contribution in [0.1, 0.15) is 219 Å². The lowest BCUT2D eigenvalue weighted by Gasteiger charge is -2.20. The summed E-state index contributed by atoms with van der Waals surface area (Å²) >= 11 is 0. The number of hydrogen-bond acceptors (Lipinski definition) is 9. The highest BCUT2D eigenvalue weighted by molar-refractivity contribution is 7.47. The van der Waals surface area contributed by atoms with Crippen LogP contribution in [-0.2, 0) is 37.5 Å². The van der Waals surface area contributed by atoms with Crippen molar-refractivity contribution in [2.24, 2.45) is 0 Å². The standard InChI is InChI=1S/C43H84NO10P/c1-4-6-8-10-12-14-16-18-20-22-24-26-28-30-32-34-41(45)51-36-39(37-52-55(49,50)53-38-40(44-3)43(47)48)54-42(46)35-33-31-29-27-25-23-21-19-17-15-13-11-9-7-5-2/h39-40,44H,4-38H2,1-3H3,(H,47,48)(H,49,50). The van der Waals surface area contributed by atoms with Crippen LogP contribution in [-0.4, -0.2) is 66.9 Å². The van der Waals surface area contributed by atoms with E-state index in [1.807, 2.05) is 0 Å². The Morgan fingerprint density at radius 3 is 1.18 bits per heavy atom. The summed E-state index contributed by atoms with van der Waals surface area (Å²) in [6, 6.07) is -1.21. The van der Waals surface area contributed by atoms with Gasteiger partial charge in [-0.2, -0.15) is 0 Å². The molecule has 3 unspecified atom stereocenters. The smallest absolute Gasteiger partial charge is 0.472 e. The minimum atomic E-state index is -4.68. The summed E-state index contributed by atoms with van der Waals surface area (Å²) in [5, 5.41) is 11.6. The molecule has 0 aromatic rings. The fourth-order valence-corrected chi connectivity index (χ4v) is 7.33. The lowest BCUT2D eigenvalue weighted by Crippen LogP contribution is -2.37. The van der Waals surface area contributed by atoms with Crippen LogP contribution in [0.3, 0.4) is 0 Å². The van der Waals surface area contributed by atoms with Crippen molar-refractivity contribution in [2.45, 2.75) is 231 Å². The van der Waals surface area contributed by atoms with Crippen molar-refractivity contribution in [1.29, 1.82) is 0 Å². The highest BCUT2D eigenvalue weighted by Crippen LogP contribution is 2.43. The molecule has 0 fully saturated rings. The second kappa shape index (κ2) is 39.3. The number of nitrogens with one attached hydrogen (secondary N) is 1. The summed E-state index contributed by atoms with van der Waals surface area (Å²) in [5.41, 5.74) is 0. The first-order chi connectivity index (χ1) is 26.6. The number of hydrogen-bond donors (Lipinski definition) is 3. The molecule has 0 rings (SSSR count). The summed E-state index contributed by atoms with van der Waals surface area (Å²) in [6.07, 6.45) is 36.0. The second-order valence-corrected chi connectivity index (χ2v) is 16.9. The highest BCUT2D eigenvalue weighted by Gasteiger charge is 2.28. The van der Waals surface area contributed by atoms with Gasteiger partial charge >= 0.3 is 25.7 Å². The third-order valence-corrected chi connectivity index (χ3v) is 11.1. The molecule has 0 saturated heterocycles. The number of phosphoric acid groups is 1. The van der Waals surface area contributed by atoms with Crippen molar-refractivity contribution in [2.75, 3.05) is 26.9 Å². The average molecular weight is 806 g/mol. The fourth-order valence-electron chi connectivity index (χ4n) is 6.56. The Balaban J connectivity index is 4.38. The van der Waals surface area contributed by atoms with Gasteiger partial charge in [-0.25, -0.2) is 4.57 Å². The molecule has 0 aliphatic carbocycles. The van der Waals surface area contributed by atoms with E-state index in [1.165, 1.54) is 148 Å². The molecule has 0 bridgehead atoms. The number of carbonyl (C=O) groups is 3. The molecule has 0 aliphatic heterocycles. The third-order valence-electron chi connectivity index (χ3n) is 10.2. The van der Waals surface area contributed by atoms with E-state index in [0.29, 0.717) is 12.8 Å². The number of esters is 2. The molecule has 0 radical (unpaired) electrons. The molecule has 3 N–H and O–H groups in total. The Bertz CT molecular complexity index is 952. The van der Waals surface area contributed by atoms with Gasteiger partial charge in [0.25, 0.3) is 0 Å². The molecule has 0 saturated carbocycles. The molecule has 0 aromatic heterocycles. The Labute approximate surface area is 336 Å². The van der Waals surface area contributed by atoms with E-state index in [9.17, 15) is 23.8 Å². The molecule has 326 valence electrons. The summed E-state index contributed by atoms with van der Waals surface area (Å²) in [5.74, 6) is -2.19. The maximum absolute atomic E-state index is 12.7. The van der Waals surface area contributed by atoms with E-state index in [1.54, 1.807) is 0 Å². The first-order valence-electron chi connectivity index (χ1n) is 22.5. The number of unbranched alkanes of at least 4 members (excludes halogenated alkanes) is 28. The molecular weight excluding hydrogens is 721 g/mol. The van der Waals surface area contributed by atoms with Gasteiger partial charge in [-0.05, 0) is 19.9 Å². The van der Waals surface area contributed by atoms with Gasteiger partial charge in [0.05, 0.1) is 13.2 Å². The maximum atomic E-state index is 12.7. The molecule has 0 heterocycles. The first kappa shape index (κ1) is 53.5. The topological polar surface area (TPSA) is 158 Å². The predicted molar refractivity (Wildman–Crippen MR) is 222 cm³/mol. The molecular formula is C43H84NO10P. The molecule has 12 heteroatoms. The zero-order valence-corrected chi connectivity index (χ0v) is 36.4. The van der Waals surface area contributed by atoms with Gasteiger partial charge in [0.15, 0.2) is 6.10 Å². The molecule has 0 aromatic carbocycles. The molecule has 0 spiro atoms. The summed E-state index contributed by atoms with van der Waals surface area (Å²) < 4.78 is 33.1. The van der Waals surface area contributed by atoms with Crippen LogP contribution in [0.2, 0.25) is 0 Å². The van der Waals surface area contributed by atoms with E-state index in [-0.39, 0.29) is 19.4 Å². The molecule has 0 amide bonds. The van der Waals surface area contributed by atoms with Crippen LogP contribution < -0.4 is 5.32 Å². The Morgan fingerprint density at radius 2 is 0.836 bits per heavy atom. The Kier molecular flexibility index (Phi) is 38.2. The number of carboxylic acids is 1. The largest absolute Gasteiger partial charge is 0.480 e. The van der Waals surface area contributed by atoms with Crippen molar-refractivity contribution in [3.63, 3.8) is 0 Å². The van der Waals surface area contributed by atoms with Crippen molar-refractivity contribution < 1.29 is 47.5 Å². The van der Waals surface area contributed by atoms with Crippen LogP contribution in [0.4, 0.5) is 0 Å². The fraction of sp³-hybridized carbons (Fsp3) is 0.930. The molecule has 0 aliphatic rings. The van der Waals surface area contributed by atoms with E-state index in [0.717, 1.165) is 38.5 Å². The average Bonchev–Trinajstić information content (AvgIpc) is 3.16. The molecule has 11 nitrogen and oxygen atoms in total. The van der Waals surface area contributed by atoms with Crippen molar-refractivity contribution >= 4 is 25.7 Å². The third kappa shape index (κ3) is 37.8. The monoisotopic (exact) mass is 806 g/mol. The van der Waals surface area contributed by atoms with Gasteiger partial charge in [0.2, 0.25) is 0 Å². The minimum Gasteiger partial charge on any atom is -0.480 e. The lowest BCUT2D eigenvalue weighted by molar-refractivity contribution is -0.161. The first-order valence-corrected chi connectivity index (χ1v) is 24.0. The van der Waals surface area contributed by atoms with Crippen molar-refractivity contribution in [3.05, 3.63) is 0 Å². The Hall–Kier alpha value is -1.52. The Morgan fingerprint density at radius 1 is 0.509 bits per heavy atom. The number of rotatable bonds is 43. The van der Waals surface area contributed by atoms with Crippen LogP contribution in [0.25, 0.3) is 0 Å². The van der Waals surface area contributed by atoms with E-state index in [2.05, 4.69) is 19.2 Å². The minimum absolute atomic E-state index is 0.178. The number of phosphoric ester groups is 1. The summed E-state index contributed by atoms with van der Waals surface area (Å²) in [7, 11) is -3.30. The number of carboxylic acid groups (broad SMARTS) is 1. The normalized spacial score (nSPS) is 13.7. The van der Waals surface area contributed by atoms with E-state index < -0.39 is 51.1 Å². The number of carbonyl (C=O) groups excluding carboxylic acids is 2. The summed E-state index contributed by atoms with van der Waals surface area (Å²) in [4.78, 5) is 46.4. The maximum Gasteiger partial charge on any atom is 0.472 e. The quantitative estimate of drug-likeness (QED) is 0.0306. The van der Waals surface area contributed by atoms with E-state index >= 15 is 0 Å². The van der Waals surface area contributed by atoms with Crippen LogP contribution in [0.15, 0.2) is 0 Å². The lowest BCUT2D eigenvalue weighted by atomic mass is 10.0. The van der Waals surface area contributed by atoms with Crippen LogP contribution in [0.5, 0.6) is 0 Å². The number of likely N-dealkylation sites (N-methyl/N-ethyl adjacent to an activating group) is 1. The van der Waals surface area contributed by atoms with Gasteiger partial charge < -0.3 is 24.8 Å². The van der Waals surface area contributed by atoms with Crippen LogP contribution >= 0.6 is 7.82 Å². The highest BCUT2D eigenvalue weighted by atomic mass is 31.2. The SMILES string of the molecule is CCCCCCCCCCCCCCCCCC(=O)OCC(COP(=O)(O)OCC(NC)C(=O)O)OC(=O)CCCCCCCCCCCCCCCCC. The van der Waals surface area contributed by atoms with Gasteiger partial charge in [0, 0.05) is 12.8 Å². The molecule has 55 heavy (non-hydrogen) atoms. The number of aliphatic carboxylic acids is 1. The zero-order chi connectivity index (χ0) is 40.7.